The van der Waals surface area contributed by atoms with Crippen molar-refractivity contribution >= 4 is 5.91 Å². The van der Waals surface area contributed by atoms with Gasteiger partial charge in [-0.2, -0.15) is 5.10 Å². The lowest BCUT2D eigenvalue weighted by atomic mass is 9.76. The van der Waals surface area contributed by atoms with E-state index in [1.165, 1.54) is 5.56 Å². The number of fused-ring (bicyclic) bond motifs is 4. The van der Waals surface area contributed by atoms with Crippen LogP contribution in [0.25, 0.3) is 0 Å². The molecule has 1 spiro atoms. The Morgan fingerprint density at radius 3 is 2.74 bits per heavy atom. The van der Waals surface area contributed by atoms with Crippen LogP contribution in [0.3, 0.4) is 0 Å². The Morgan fingerprint density at radius 1 is 1.29 bits per heavy atom. The SMILES string of the molecule is CN(C)C(=O)C(CN1[C@@H]2CC[C@H]1CC1(C2)OCCc2cc(F)ccc21)Cn1cccn1. The first-order valence-electron chi connectivity index (χ1n) is 11.3. The van der Waals surface area contributed by atoms with Crippen molar-refractivity contribution in [1.29, 1.82) is 0 Å². The van der Waals surface area contributed by atoms with Crippen molar-refractivity contribution in [2.75, 3.05) is 27.2 Å². The Bertz CT molecular complexity index is 931. The fourth-order valence-electron chi connectivity index (χ4n) is 6.05. The van der Waals surface area contributed by atoms with E-state index in [1.54, 1.807) is 23.2 Å². The molecular weight excluding hydrogens is 395 g/mol. The van der Waals surface area contributed by atoms with E-state index in [1.807, 2.05) is 37.1 Å². The lowest BCUT2D eigenvalue weighted by Crippen LogP contribution is -2.54. The second-order valence-electron chi connectivity index (χ2n) is 9.54. The Hall–Kier alpha value is -2.25. The quantitative estimate of drug-likeness (QED) is 0.738. The van der Waals surface area contributed by atoms with Crippen molar-refractivity contribution in [3.63, 3.8) is 0 Å². The molecule has 1 aromatic heterocycles. The topological polar surface area (TPSA) is 50.6 Å². The number of hydrogen-bond donors (Lipinski definition) is 0. The average molecular weight is 427 g/mol. The number of carbonyl (C=O) groups excluding carboxylic acids is 1. The summed E-state index contributed by atoms with van der Waals surface area (Å²) >= 11 is 0. The molecule has 0 radical (unpaired) electrons. The maximum atomic E-state index is 13.8. The lowest BCUT2D eigenvalue weighted by Gasteiger charge is -2.49. The van der Waals surface area contributed by atoms with Gasteiger partial charge in [0, 0.05) is 45.1 Å². The van der Waals surface area contributed by atoms with Crippen molar-refractivity contribution in [2.24, 2.45) is 5.92 Å². The molecule has 2 unspecified atom stereocenters. The molecule has 4 atom stereocenters. The predicted molar refractivity (Wildman–Crippen MR) is 115 cm³/mol. The Labute approximate surface area is 183 Å². The predicted octanol–water partition coefficient (Wildman–Crippen LogP) is 2.82. The van der Waals surface area contributed by atoms with Gasteiger partial charge in [0.1, 0.15) is 5.82 Å². The molecule has 1 amide bonds. The normalized spacial score (nSPS) is 28.5. The van der Waals surface area contributed by atoms with Gasteiger partial charge in [0.05, 0.1) is 24.7 Å². The number of ether oxygens (including phenoxy) is 1. The molecule has 2 bridgehead atoms. The van der Waals surface area contributed by atoms with Gasteiger partial charge >= 0.3 is 0 Å². The van der Waals surface area contributed by atoms with E-state index in [0.717, 1.165) is 44.2 Å². The van der Waals surface area contributed by atoms with Gasteiger partial charge in [-0.05, 0) is 61.4 Å². The smallest absolute Gasteiger partial charge is 0.228 e. The van der Waals surface area contributed by atoms with Gasteiger partial charge in [0.15, 0.2) is 0 Å². The van der Waals surface area contributed by atoms with E-state index >= 15 is 0 Å². The maximum absolute atomic E-state index is 13.8. The van der Waals surface area contributed by atoms with Gasteiger partial charge < -0.3 is 9.64 Å². The molecule has 3 aliphatic heterocycles. The van der Waals surface area contributed by atoms with Crippen LogP contribution in [-0.4, -0.2) is 64.8 Å². The van der Waals surface area contributed by atoms with E-state index in [-0.39, 0.29) is 23.2 Å². The minimum Gasteiger partial charge on any atom is -0.370 e. The Balaban J connectivity index is 1.37. The molecule has 0 N–H and O–H groups in total. The van der Waals surface area contributed by atoms with Gasteiger partial charge in [-0.15, -0.1) is 0 Å². The van der Waals surface area contributed by atoms with Crippen molar-refractivity contribution in [1.82, 2.24) is 19.6 Å². The molecule has 166 valence electrons. The Morgan fingerprint density at radius 2 is 2.06 bits per heavy atom. The number of hydrogen-bond acceptors (Lipinski definition) is 4. The number of piperidine rings is 1. The molecule has 3 aliphatic rings. The molecule has 7 heteroatoms. The highest BCUT2D eigenvalue weighted by atomic mass is 19.1. The highest BCUT2D eigenvalue weighted by Gasteiger charge is 2.52. The summed E-state index contributed by atoms with van der Waals surface area (Å²) < 4.78 is 22.1. The number of amides is 1. The molecule has 0 saturated carbocycles. The van der Waals surface area contributed by atoms with Crippen LogP contribution in [0.5, 0.6) is 0 Å². The van der Waals surface area contributed by atoms with Crippen LogP contribution in [0.1, 0.15) is 36.8 Å². The summed E-state index contributed by atoms with van der Waals surface area (Å²) in [5.41, 5.74) is 1.96. The summed E-state index contributed by atoms with van der Waals surface area (Å²) in [7, 11) is 3.65. The molecule has 6 nitrogen and oxygen atoms in total. The standard InChI is InChI=1S/C24H31FN4O2/c1-27(2)23(30)18(15-28-10-3-9-26-28)16-29-20-5-6-21(29)14-24(13-20)22-7-4-19(25)12-17(22)8-11-31-24/h3-4,7,9-10,12,18,20-21H,5-6,8,11,13-16H2,1-2H3/t18?,20-,21+,24?. The molecular formula is C24H31FN4O2. The first-order chi connectivity index (χ1) is 14.9. The number of nitrogens with zero attached hydrogens (tertiary/aromatic N) is 4. The van der Waals surface area contributed by atoms with Crippen LogP contribution in [0.15, 0.2) is 36.7 Å². The van der Waals surface area contributed by atoms with Crippen molar-refractivity contribution < 1.29 is 13.9 Å². The molecule has 4 heterocycles. The molecule has 5 rings (SSSR count). The van der Waals surface area contributed by atoms with Gasteiger partial charge in [-0.25, -0.2) is 4.39 Å². The third-order valence-electron chi connectivity index (χ3n) is 7.40. The van der Waals surface area contributed by atoms with Gasteiger partial charge in [0.25, 0.3) is 0 Å². The summed E-state index contributed by atoms with van der Waals surface area (Å²) in [6.45, 7) is 1.97. The van der Waals surface area contributed by atoms with Crippen molar-refractivity contribution in [3.8, 4) is 0 Å². The van der Waals surface area contributed by atoms with E-state index in [9.17, 15) is 9.18 Å². The fourth-order valence-corrected chi connectivity index (χ4v) is 6.05. The number of rotatable bonds is 5. The highest BCUT2D eigenvalue weighted by Crippen LogP contribution is 2.50. The van der Waals surface area contributed by atoms with Crippen LogP contribution >= 0.6 is 0 Å². The molecule has 2 saturated heterocycles. The molecule has 2 fully saturated rings. The second kappa shape index (κ2) is 8.02. The summed E-state index contributed by atoms with van der Waals surface area (Å²) in [6.07, 6.45) is 8.51. The molecule has 2 aromatic rings. The number of aromatic nitrogens is 2. The lowest BCUT2D eigenvalue weighted by molar-refractivity contribution is -0.138. The Kier molecular flexibility index (Phi) is 5.34. The fraction of sp³-hybridized carbons (Fsp3) is 0.583. The first kappa shape index (κ1) is 20.6. The van der Waals surface area contributed by atoms with Crippen LogP contribution < -0.4 is 0 Å². The van der Waals surface area contributed by atoms with Gasteiger partial charge in [-0.1, -0.05) is 6.07 Å². The third-order valence-corrected chi connectivity index (χ3v) is 7.40. The zero-order valence-corrected chi connectivity index (χ0v) is 18.3. The van der Waals surface area contributed by atoms with Gasteiger partial charge in [-0.3, -0.25) is 14.4 Å². The molecule has 31 heavy (non-hydrogen) atoms. The van der Waals surface area contributed by atoms with Crippen molar-refractivity contribution in [2.45, 2.75) is 56.3 Å². The second-order valence-corrected chi connectivity index (χ2v) is 9.54. The minimum absolute atomic E-state index is 0.138. The van der Waals surface area contributed by atoms with Crippen LogP contribution in [-0.2, 0) is 28.1 Å². The van der Waals surface area contributed by atoms with Crippen LogP contribution in [0.4, 0.5) is 4.39 Å². The molecule has 0 aliphatic carbocycles. The minimum atomic E-state index is -0.313. The van der Waals surface area contributed by atoms with Gasteiger partial charge in [0.2, 0.25) is 5.91 Å². The summed E-state index contributed by atoms with van der Waals surface area (Å²) in [5, 5.41) is 4.32. The van der Waals surface area contributed by atoms with Crippen molar-refractivity contribution in [3.05, 3.63) is 53.6 Å². The van der Waals surface area contributed by atoms with E-state index in [0.29, 0.717) is 25.2 Å². The number of halogens is 1. The summed E-state index contributed by atoms with van der Waals surface area (Å²) in [4.78, 5) is 17.2. The van der Waals surface area contributed by atoms with Crippen LogP contribution in [0.2, 0.25) is 0 Å². The third kappa shape index (κ3) is 3.78. The van der Waals surface area contributed by atoms with E-state index in [4.69, 9.17) is 4.74 Å². The van der Waals surface area contributed by atoms with E-state index in [2.05, 4.69) is 10.00 Å². The number of benzene rings is 1. The highest BCUT2D eigenvalue weighted by molar-refractivity contribution is 5.78. The zero-order valence-electron chi connectivity index (χ0n) is 18.3. The first-order valence-corrected chi connectivity index (χ1v) is 11.3. The molecule has 1 aromatic carbocycles. The average Bonchev–Trinajstić information content (AvgIpc) is 3.33. The number of carbonyl (C=O) groups is 1. The maximum Gasteiger partial charge on any atom is 0.228 e. The summed E-state index contributed by atoms with van der Waals surface area (Å²) in [6, 6.07) is 7.85. The van der Waals surface area contributed by atoms with E-state index < -0.39 is 0 Å². The largest absolute Gasteiger partial charge is 0.370 e. The summed E-state index contributed by atoms with van der Waals surface area (Å²) in [5.74, 6) is -0.162. The zero-order chi connectivity index (χ0) is 21.6. The van der Waals surface area contributed by atoms with Crippen LogP contribution in [0, 0.1) is 11.7 Å². The monoisotopic (exact) mass is 426 g/mol.